The van der Waals surface area contributed by atoms with E-state index in [2.05, 4.69) is 20.3 Å². The van der Waals surface area contributed by atoms with Gasteiger partial charge in [0.05, 0.1) is 11.1 Å². The summed E-state index contributed by atoms with van der Waals surface area (Å²) in [5, 5.41) is 8.85. The van der Waals surface area contributed by atoms with E-state index in [9.17, 15) is 9.59 Å². The van der Waals surface area contributed by atoms with Gasteiger partial charge >= 0.3 is 0 Å². The molecule has 1 fully saturated rings. The Balaban J connectivity index is 1.46. The van der Waals surface area contributed by atoms with E-state index in [0.717, 1.165) is 42.7 Å². The van der Waals surface area contributed by atoms with E-state index in [1.807, 2.05) is 30.3 Å². The third kappa shape index (κ3) is 4.91. The number of nitrogens with one attached hydrogen (secondary N) is 1. The number of fused-ring (bicyclic) bond motifs is 1. The van der Waals surface area contributed by atoms with Gasteiger partial charge in [-0.1, -0.05) is 24.3 Å². The van der Waals surface area contributed by atoms with Gasteiger partial charge in [0.1, 0.15) is 6.54 Å². The second-order valence-corrected chi connectivity index (χ2v) is 7.75. The summed E-state index contributed by atoms with van der Waals surface area (Å²) < 4.78 is 1.28. The Kier molecular flexibility index (Phi) is 6.49. The first-order chi connectivity index (χ1) is 14.7. The summed E-state index contributed by atoms with van der Waals surface area (Å²) in [6, 6.07) is 11.3. The van der Waals surface area contributed by atoms with Gasteiger partial charge in [-0.05, 0) is 56.6 Å². The van der Waals surface area contributed by atoms with Gasteiger partial charge in [-0.25, -0.2) is 4.68 Å². The maximum atomic E-state index is 12.9. The molecule has 1 aliphatic heterocycles. The van der Waals surface area contributed by atoms with E-state index in [0.29, 0.717) is 18.4 Å². The van der Waals surface area contributed by atoms with Crippen LogP contribution >= 0.6 is 0 Å². The Morgan fingerprint density at radius 3 is 2.63 bits per heavy atom. The molecule has 3 heterocycles. The Morgan fingerprint density at radius 2 is 1.87 bits per heavy atom. The molecule has 30 heavy (non-hydrogen) atoms. The highest BCUT2D eigenvalue weighted by atomic mass is 16.2. The highest BCUT2D eigenvalue weighted by molar-refractivity contribution is 5.84. The lowest BCUT2D eigenvalue weighted by Crippen LogP contribution is -2.35. The molecule has 0 aliphatic carbocycles. The van der Waals surface area contributed by atoms with E-state index >= 15 is 0 Å². The average molecular weight is 406 g/mol. The number of hydrogen-bond donors (Lipinski definition) is 1. The van der Waals surface area contributed by atoms with Crippen molar-refractivity contribution in [2.24, 2.45) is 0 Å². The van der Waals surface area contributed by atoms with E-state index in [-0.39, 0.29) is 18.0 Å². The molecule has 7 nitrogen and oxygen atoms in total. The van der Waals surface area contributed by atoms with Crippen LogP contribution < -0.4 is 10.9 Å². The molecule has 0 radical (unpaired) electrons. The zero-order valence-electron chi connectivity index (χ0n) is 17.1. The molecule has 0 spiro atoms. The molecule has 1 aromatic carbocycles. The molecule has 1 aliphatic rings. The van der Waals surface area contributed by atoms with Crippen LogP contribution in [0.15, 0.2) is 53.6 Å². The smallest absolute Gasteiger partial charge is 0.275 e. The SMILES string of the molecule is O=C(Cn1nc(Cc2cccnc2)c2ccccc2c1=O)NCCCN1CCCC1. The fourth-order valence-electron chi connectivity index (χ4n) is 3.97. The standard InChI is InChI=1S/C23H27N5O2/c29-22(25-11-6-14-27-12-3-4-13-27)17-28-23(30)20-9-2-1-8-19(20)21(26-28)15-18-7-5-10-24-16-18/h1-2,5,7-10,16H,3-4,6,11-15,17H2,(H,25,29). The quantitative estimate of drug-likeness (QED) is 0.580. The lowest BCUT2D eigenvalue weighted by atomic mass is 10.1. The maximum Gasteiger partial charge on any atom is 0.275 e. The van der Waals surface area contributed by atoms with Crippen molar-refractivity contribution in [2.75, 3.05) is 26.2 Å². The second kappa shape index (κ2) is 9.63. The number of likely N-dealkylation sites (tertiary alicyclic amines) is 1. The van der Waals surface area contributed by atoms with Crippen molar-refractivity contribution in [3.63, 3.8) is 0 Å². The molecule has 0 saturated carbocycles. The summed E-state index contributed by atoms with van der Waals surface area (Å²) >= 11 is 0. The van der Waals surface area contributed by atoms with E-state index in [1.165, 1.54) is 17.5 Å². The van der Waals surface area contributed by atoms with Crippen molar-refractivity contribution >= 4 is 16.7 Å². The van der Waals surface area contributed by atoms with E-state index < -0.39 is 0 Å². The largest absolute Gasteiger partial charge is 0.354 e. The number of carbonyl (C=O) groups is 1. The minimum atomic E-state index is -0.243. The highest BCUT2D eigenvalue weighted by Crippen LogP contribution is 2.16. The van der Waals surface area contributed by atoms with E-state index in [1.54, 1.807) is 18.5 Å². The van der Waals surface area contributed by atoms with Crippen LogP contribution in [0.3, 0.4) is 0 Å². The second-order valence-electron chi connectivity index (χ2n) is 7.75. The monoisotopic (exact) mass is 405 g/mol. The highest BCUT2D eigenvalue weighted by Gasteiger charge is 2.14. The zero-order chi connectivity index (χ0) is 20.8. The van der Waals surface area contributed by atoms with Crippen LogP contribution in [0.2, 0.25) is 0 Å². The summed E-state index contributed by atoms with van der Waals surface area (Å²) in [4.78, 5) is 31.9. The number of aromatic nitrogens is 3. The first kappa shape index (κ1) is 20.2. The molecule has 0 atom stereocenters. The Labute approximate surface area is 175 Å². The van der Waals surface area contributed by atoms with Crippen LogP contribution in [0.4, 0.5) is 0 Å². The molecule has 7 heteroatoms. The predicted octanol–water partition coefficient (Wildman–Crippen LogP) is 1.98. The molecular formula is C23H27N5O2. The third-order valence-electron chi connectivity index (χ3n) is 5.50. The summed E-state index contributed by atoms with van der Waals surface area (Å²) in [6.07, 6.45) is 7.52. The van der Waals surface area contributed by atoms with Crippen LogP contribution in [-0.2, 0) is 17.8 Å². The van der Waals surface area contributed by atoms with Crippen LogP contribution in [-0.4, -0.2) is 51.8 Å². The molecular weight excluding hydrogens is 378 g/mol. The number of pyridine rings is 1. The van der Waals surface area contributed by atoms with Crippen molar-refractivity contribution in [1.29, 1.82) is 0 Å². The van der Waals surface area contributed by atoms with Gasteiger partial charge in [0, 0.05) is 30.7 Å². The van der Waals surface area contributed by atoms with Gasteiger partial charge in [-0.3, -0.25) is 14.6 Å². The number of amides is 1. The van der Waals surface area contributed by atoms with Crippen LogP contribution in [0.25, 0.3) is 10.8 Å². The first-order valence-corrected chi connectivity index (χ1v) is 10.6. The van der Waals surface area contributed by atoms with Gasteiger partial charge in [0.25, 0.3) is 5.56 Å². The van der Waals surface area contributed by atoms with Crippen LogP contribution in [0, 0.1) is 0 Å². The maximum absolute atomic E-state index is 12.9. The summed E-state index contributed by atoms with van der Waals surface area (Å²) in [6.45, 7) is 3.85. The molecule has 0 bridgehead atoms. The average Bonchev–Trinajstić information content (AvgIpc) is 3.29. The normalized spacial score (nSPS) is 14.3. The van der Waals surface area contributed by atoms with Gasteiger partial charge in [0.2, 0.25) is 5.91 Å². The molecule has 2 aromatic heterocycles. The third-order valence-corrected chi connectivity index (χ3v) is 5.50. The van der Waals surface area contributed by atoms with E-state index in [4.69, 9.17) is 0 Å². The van der Waals surface area contributed by atoms with Crippen molar-refractivity contribution in [3.05, 3.63) is 70.4 Å². The first-order valence-electron chi connectivity index (χ1n) is 10.6. The van der Waals surface area contributed by atoms with Gasteiger partial charge in [0.15, 0.2) is 0 Å². The van der Waals surface area contributed by atoms with Crippen LogP contribution in [0.1, 0.15) is 30.5 Å². The summed E-state index contributed by atoms with van der Waals surface area (Å²) in [5.74, 6) is -0.186. The molecule has 1 N–H and O–H groups in total. The number of hydrogen-bond acceptors (Lipinski definition) is 5. The van der Waals surface area contributed by atoms with Gasteiger partial charge in [-0.15, -0.1) is 0 Å². The molecule has 4 rings (SSSR count). The number of carbonyl (C=O) groups excluding carboxylic acids is 1. The van der Waals surface area contributed by atoms with Crippen molar-refractivity contribution in [3.8, 4) is 0 Å². The molecule has 1 amide bonds. The van der Waals surface area contributed by atoms with Crippen molar-refractivity contribution < 1.29 is 4.79 Å². The molecule has 0 unspecified atom stereocenters. The topological polar surface area (TPSA) is 80.1 Å². The minimum absolute atomic E-state index is 0.0760. The van der Waals surface area contributed by atoms with Gasteiger partial charge < -0.3 is 10.2 Å². The zero-order valence-corrected chi connectivity index (χ0v) is 17.1. The predicted molar refractivity (Wildman–Crippen MR) is 116 cm³/mol. The lowest BCUT2D eigenvalue weighted by molar-refractivity contribution is -0.121. The fourth-order valence-corrected chi connectivity index (χ4v) is 3.97. The molecule has 3 aromatic rings. The van der Waals surface area contributed by atoms with Crippen LogP contribution in [0.5, 0.6) is 0 Å². The van der Waals surface area contributed by atoms with Crippen molar-refractivity contribution in [2.45, 2.75) is 32.2 Å². The lowest BCUT2D eigenvalue weighted by Gasteiger charge is -2.14. The number of nitrogens with zero attached hydrogens (tertiary/aromatic N) is 4. The number of rotatable bonds is 8. The molecule has 156 valence electrons. The minimum Gasteiger partial charge on any atom is -0.354 e. The fraction of sp³-hybridized carbons (Fsp3) is 0.391. The Bertz CT molecular complexity index is 1060. The summed E-state index contributed by atoms with van der Waals surface area (Å²) in [7, 11) is 0. The van der Waals surface area contributed by atoms with Gasteiger partial charge in [-0.2, -0.15) is 5.10 Å². The Morgan fingerprint density at radius 1 is 1.07 bits per heavy atom. The number of benzene rings is 1. The molecule has 1 saturated heterocycles. The summed E-state index contributed by atoms with van der Waals surface area (Å²) in [5.41, 5.74) is 1.53. The van der Waals surface area contributed by atoms with Crippen molar-refractivity contribution in [1.82, 2.24) is 25.0 Å². The Hall–Kier alpha value is -3.06.